The first-order valence-electron chi connectivity index (χ1n) is 13.2. The molecule has 5 rings (SSSR count). The number of carbonyl (C=O) groups excluding carboxylic acids is 1. The van der Waals surface area contributed by atoms with Gasteiger partial charge in [0.15, 0.2) is 5.82 Å². The number of amides is 1. The number of nitrogens with one attached hydrogen (secondary N) is 2. The van der Waals surface area contributed by atoms with E-state index in [9.17, 15) is 9.90 Å². The molecule has 208 valence electrons. The lowest BCUT2D eigenvalue weighted by Crippen LogP contribution is -2.15. The Morgan fingerprint density at radius 1 is 0.976 bits per heavy atom. The topological polar surface area (TPSA) is 144 Å². The molecule has 0 fully saturated rings. The van der Waals surface area contributed by atoms with Crippen molar-refractivity contribution in [1.82, 2.24) is 24.5 Å². The second kappa shape index (κ2) is 11.2. The Morgan fingerprint density at radius 2 is 1.71 bits per heavy atom. The molecule has 2 aromatic heterocycles. The summed E-state index contributed by atoms with van der Waals surface area (Å²) in [6, 6.07) is 20.5. The van der Waals surface area contributed by atoms with Gasteiger partial charge in [0.25, 0.3) is 5.91 Å². The van der Waals surface area contributed by atoms with Gasteiger partial charge >= 0.3 is 0 Å². The van der Waals surface area contributed by atoms with Crippen LogP contribution in [0, 0.1) is 6.92 Å². The summed E-state index contributed by atoms with van der Waals surface area (Å²) in [4.78, 5) is 30.4. The van der Waals surface area contributed by atoms with Crippen molar-refractivity contribution in [1.29, 1.82) is 0 Å². The van der Waals surface area contributed by atoms with Crippen molar-refractivity contribution in [2.45, 2.75) is 39.7 Å². The van der Waals surface area contributed by atoms with E-state index in [1.165, 1.54) is 0 Å². The highest BCUT2D eigenvalue weighted by Gasteiger charge is 2.18. The van der Waals surface area contributed by atoms with Crippen LogP contribution in [0.15, 0.2) is 79.1 Å². The van der Waals surface area contributed by atoms with Crippen LogP contribution < -0.4 is 16.4 Å². The number of nitrogen functional groups attached to an aromatic ring is 1. The van der Waals surface area contributed by atoms with Crippen LogP contribution >= 0.6 is 0 Å². The van der Waals surface area contributed by atoms with Gasteiger partial charge in [0.2, 0.25) is 11.9 Å². The fourth-order valence-corrected chi connectivity index (χ4v) is 4.45. The van der Waals surface area contributed by atoms with Crippen LogP contribution in [0.5, 0.6) is 0 Å². The van der Waals surface area contributed by atoms with Gasteiger partial charge in [0, 0.05) is 46.1 Å². The molecule has 1 amide bonds. The highest BCUT2D eigenvalue weighted by molar-refractivity contribution is 6.05. The predicted octanol–water partition coefficient (Wildman–Crippen LogP) is 5.40. The van der Waals surface area contributed by atoms with Crippen LogP contribution in [0.1, 0.15) is 48.1 Å². The van der Waals surface area contributed by atoms with E-state index in [1.54, 1.807) is 36.5 Å². The van der Waals surface area contributed by atoms with E-state index in [0.717, 1.165) is 22.8 Å². The summed E-state index contributed by atoms with van der Waals surface area (Å²) >= 11 is 0. The number of nitrogens with zero attached hydrogens (tertiary/aromatic N) is 5. The number of hydrogen-bond acceptors (Lipinski definition) is 8. The highest BCUT2D eigenvalue weighted by Crippen LogP contribution is 2.29. The predicted molar refractivity (Wildman–Crippen MR) is 160 cm³/mol. The van der Waals surface area contributed by atoms with Gasteiger partial charge in [-0.15, -0.1) is 0 Å². The SMILES string of the molecule is Cc1nccn1-c1ccc(Nc2nc(N)nc(-c3cccc(NC(=O)c4ccc(C(C)(C)C)cc4)c3CO)n2)cc1. The zero-order valence-corrected chi connectivity index (χ0v) is 23.4. The van der Waals surface area contributed by atoms with Gasteiger partial charge in [-0.1, -0.05) is 45.0 Å². The highest BCUT2D eigenvalue weighted by atomic mass is 16.3. The van der Waals surface area contributed by atoms with Crippen LogP contribution in [-0.2, 0) is 12.0 Å². The summed E-state index contributed by atoms with van der Waals surface area (Å²) in [6.45, 7) is 7.95. The third-order valence-electron chi connectivity index (χ3n) is 6.72. The zero-order valence-electron chi connectivity index (χ0n) is 23.4. The molecule has 10 nitrogen and oxygen atoms in total. The molecular weight excluding hydrogens is 516 g/mol. The Balaban J connectivity index is 1.39. The molecule has 0 spiro atoms. The van der Waals surface area contributed by atoms with Crippen molar-refractivity contribution in [3.63, 3.8) is 0 Å². The minimum atomic E-state index is -0.349. The first kappa shape index (κ1) is 27.5. The lowest BCUT2D eigenvalue weighted by Gasteiger charge is -2.19. The number of rotatable bonds is 7. The third-order valence-corrected chi connectivity index (χ3v) is 6.72. The van der Waals surface area contributed by atoms with Gasteiger partial charge in [-0.3, -0.25) is 4.79 Å². The molecule has 5 aromatic rings. The Kier molecular flexibility index (Phi) is 7.50. The summed E-state index contributed by atoms with van der Waals surface area (Å²) in [7, 11) is 0. The maximum atomic E-state index is 13.1. The van der Waals surface area contributed by atoms with E-state index in [2.05, 4.69) is 51.3 Å². The largest absolute Gasteiger partial charge is 0.392 e. The Labute approximate surface area is 238 Å². The van der Waals surface area contributed by atoms with Gasteiger partial charge in [-0.2, -0.15) is 15.0 Å². The number of imidazole rings is 1. The molecule has 0 bridgehead atoms. The first-order valence-corrected chi connectivity index (χ1v) is 13.2. The average molecular weight is 549 g/mol. The molecule has 0 aliphatic carbocycles. The number of benzene rings is 3. The van der Waals surface area contributed by atoms with Crippen molar-refractivity contribution in [2.75, 3.05) is 16.4 Å². The molecule has 10 heteroatoms. The Bertz CT molecular complexity index is 1690. The average Bonchev–Trinajstić information content (AvgIpc) is 3.38. The van der Waals surface area contributed by atoms with Gasteiger partial charge in [0.05, 0.1) is 6.61 Å². The summed E-state index contributed by atoms with van der Waals surface area (Å²) in [5, 5.41) is 16.4. The van der Waals surface area contributed by atoms with Crippen molar-refractivity contribution >= 4 is 29.2 Å². The molecule has 41 heavy (non-hydrogen) atoms. The minimum absolute atomic E-state index is 0.0143. The number of aliphatic hydroxyl groups excluding tert-OH is 1. The fourth-order valence-electron chi connectivity index (χ4n) is 4.45. The number of anilines is 4. The maximum absolute atomic E-state index is 13.1. The fraction of sp³-hybridized carbons (Fsp3) is 0.194. The molecule has 0 saturated heterocycles. The molecule has 0 saturated carbocycles. The molecule has 0 aliphatic rings. The number of aryl methyl sites for hydroxylation is 1. The molecule has 0 radical (unpaired) electrons. The molecule has 2 heterocycles. The van der Waals surface area contributed by atoms with Crippen molar-refractivity contribution in [3.05, 3.63) is 102 Å². The minimum Gasteiger partial charge on any atom is -0.392 e. The van der Waals surface area contributed by atoms with Crippen LogP contribution in [-0.4, -0.2) is 35.5 Å². The molecule has 0 aliphatic heterocycles. The molecular formula is C31H32N8O2. The Morgan fingerprint density at radius 3 is 2.34 bits per heavy atom. The summed E-state index contributed by atoms with van der Waals surface area (Å²) in [5.41, 5.74) is 10.8. The van der Waals surface area contributed by atoms with Gasteiger partial charge < -0.3 is 26.0 Å². The second-order valence-corrected chi connectivity index (χ2v) is 10.6. The number of hydrogen-bond donors (Lipinski definition) is 4. The molecule has 0 unspecified atom stereocenters. The van der Waals surface area contributed by atoms with E-state index in [1.807, 2.05) is 54.1 Å². The van der Waals surface area contributed by atoms with E-state index in [0.29, 0.717) is 22.4 Å². The van der Waals surface area contributed by atoms with Crippen molar-refractivity contribution in [3.8, 4) is 17.1 Å². The number of aliphatic hydroxyl groups is 1. The standard InChI is InChI=1S/C31H32N8O2/c1-19-33-16-17-39(19)23-14-12-22(13-15-23)34-30-37-27(36-29(32)38-30)24-6-5-7-26(25(24)18-40)35-28(41)20-8-10-21(11-9-20)31(2,3)4/h5-17,40H,18H2,1-4H3,(H,35,41)(H3,32,34,36,37,38). The first-order chi connectivity index (χ1) is 19.6. The maximum Gasteiger partial charge on any atom is 0.255 e. The van der Waals surface area contributed by atoms with E-state index < -0.39 is 0 Å². The van der Waals surface area contributed by atoms with E-state index >= 15 is 0 Å². The summed E-state index contributed by atoms with van der Waals surface area (Å²) in [5.74, 6) is 1.12. The molecule has 3 aromatic carbocycles. The van der Waals surface area contributed by atoms with Crippen LogP contribution in [0.2, 0.25) is 0 Å². The third kappa shape index (κ3) is 6.07. The second-order valence-electron chi connectivity index (χ2n) is 10.6. The summed E-state index contributed by atoms with van der Waals surface area (Å²) in [6.07, 6.45) is 3.65. The lowest BCUT2D eigenvalue weighted by atomic mass is 9.86. The lowest BCUT2D eigenvalue weighted by molar-refractivity contribution is 0.102. The number of nitrogens with two attached hydrogens (primary N) is 1. The number of aromatic nitrogens is 5. The van der Waals surface area contributed by atoms with Crippen LogP contribution in [0.3, 0.4) is 0 Å². The number of carbonyl (C=O) groups is 1. The quantitative estimate of drug-likeness (QED) is 0.212. The Hall–Kier alpha value is -5.09. The van der Waals surface area contributed by atoms with Gasteiger partial charge in [0.1, 0.15) is 5.82 Å². The van der Waals surface area contributed by atoms with Crippen molar-refractivity contribution < 1.29 is 9.90 Å². The zero-order chi connectivity index (χ0) is 29.1. The van der Waals surface area contributed by atoms with Gasteiger partial charge in [-0.05, 0) is 60.4 Å². The van der Waals surface area contributed by atoms with E-state index in [4.69, 9.17) is 5.73 Å². The van der Waals surface area contributed by atoms with Crippen molar-refractivity contribution in [2.24, 2.45) is 0 Å². The molecule has 0 atom stereocenters. The monoisotopic (exact) mass is 548 g/mol. The van der Waals surface area contributed by atoms with E-state index in [-0.39, 0.29) is 35.7 Å². The van der Waals surface area contributed by atoms with Crippen LogP contribution in [0.25, 0.3) is 17.1 Å². The smallest absolute Gasteiger partial charge is 0.255 e. The normalized spacial score (nSPS) is 11.3. The van der Waals surface area contributed by atoms with Crippen LogP contribution in [0.4, 0.5) is 23.3 Å². The van der Waals surface area contributed by atoms with Gasteiger partial charge in [-0.25, -0.2) is 4.98 Å². The molecule has 5 N–H and O–H groups in total. The summed E-state index contributed by atoms with van der Waals surface area (Å²) < 4.78 is 1.98.